The van der Waals surface area contributed by atoms with Gasteiger partial charge in [-0.15, -0.1) is 0 Å². The summed E-state index contributed by atoms with van der Waals surface area (Å²) in [5.41, 5.74) is 0.966. The molecule has 0 saturated heterocycles. The molecule has 17 heavy (non-hydrogen) atoms. The van der Waals surface area contributed by atoms with E-state index in [1.807, 2.05) is 0 Å². The number of nitrogens with zero attached hydrogens (tertiary/aromatic N) is 1. The van der Waals surface area contributed by atoms with Crippen LogP contribution in [0.3, 0.4) is 0 Å². The summed E-state index contributed by atoms with van der Waals surface area (Å²) < 4.78 is 31.9. The number of rotatable bonds is 4. The van der Waals surface area contributed by atoms with Crippen molar-refractivity contribution in [3.8, 4) is 0 Å². The van der Waals surface area contributed by atoms with Gasteiger partial charge in [-0.05, 0) is 6.07 Å². The molecule has 5 nitrogen and oxygen atoms in total. The van der Waals surface area contributed by atoms with Gasteiger partial charge in [0, 0.05) is 19.1 Å². The third kappa shape index (κ3) is 2.38. The van der Waals surface area contributed by atoms with Gasteiger partial charge in [0.15, 0.2) is 0 Å². The number of sulfonamides is 1. The highest BCUT2D eigenvalue weighted by molar-refractivity contribution is 7.90. The van der Waals surface area contributed by atoms with Gasteiger partial charge in [-0.25, -0.2) is 0 Å². The van der Waals surface area contributed by atoms with Crippen LogP contribution >= 0.6 is 0 Å². The van der Waals surface area contributed by atoms with Crippen LogP contribution in [0.25, 0.3) is 0 Å². The van der Waals surface area contributed by atoms with Gasteiger partial charge in [-0.3, -0.25) is 0 Å². The lowest BCUT2D eigenvalue weighted by molar-refractivity contribution is 0.0694. The second kappa shape index (κ2) is 4.56. The Morgan fingerprint density at radius 2 is 2.12 bits per heavy atom. The van der Waals surface area contributed by atoms with E-state index in [1.165, 1.54) is 13.2 Å². The predicted molar refractivity (Wildman–Crippen MR) is 62.7 cm³/mol. The summed E-state index contributed by atoms with van der Waals surface area (Å²) >= 11 is 0. The van der Waals surface area contributed by atoms with E-state index in [2.05, 4.69) is 4.40 Å². The van der Waals surface area contributed by atoms with Gasteiger partial charge < -0.3 is 9.84 Å². The molecule has 1 aromatic carbocycles. The Morgan fingerprint density at radius 1 is 1.41 bits per heavy atom. The number of hydrogen-bond donors (Lipinski definition) is 1. The van der Waals surface area contributed by atoms with E-state index in [-0.39, 0.29) is 17.9 Å². The molecule has 0 radical (unpaired) electrons. The highest BCUT2D eigenvalue weighted by atomic mass is 32.2. The van der Waals surface area contributed by atoms with Crippen molar-refractivity contribution in [2.24, 2.45) is 4.40 Å². The van der Waals surface area contributed by atoms with Gasteiger partial charge in [0.25, 0.3) is 10.0 Å². The SMILES string of the molecule is COCC(O)CC1=NS(=O)(=O)c2ccccc21. The van der Waals surface area contributed by atoms with Crippen molar-refractivity contribution in [2.75, 3.05) is 13.7 Å². The minimum Gasteiger partial charge on any atom is -0.390 e. The fourth-order valence-electron chi connectivity index (χ4n) is 1.80. The highest BCUT2D eigenvalue weighted by Crippen LogP contribution is 2.27. The molecule has 0 fully saturated rings. The maximum Gasteiger partial charge on any atom is 0.283 e. The van der Waals surface area contributed by atoms with Crippen LogP contribution < -0.4 is 0 Å². The van der Waals surface area contributed by atoms with E-state index in [9.17, 15) is 13.5 Å². The summed E-state index contributed by atoms with van der Waals surface area (Å²) in [4.78, 5) is 0.208. The summed E-state index contributed by atoms with van der Waals surface area (Å²) in [6, 6.07) is 6.61. The average Bonchev–Trinajstić information content (AvgIpc) is 2.52. The number of aliphatic hydroxyl groups is 1. The van der Waals surface area contributed by atoms with Crippen LogP contribution in [0.4, 0.5) is 0 Å². The van der Waals surface area contributed by atoms with Crippen molar-refractivity contribution in [2.45, 2.75) is 17.4 Å². The standard InChI is InChI=1S/C11H13NO4S/c1-16-7-8(13)6-10-9-4-2-3-5-11(9)17(14,15)12-10/h2-5,8,13H,6-7H2,1H3. The lowest BCUT2D eigenvalue weighted by Gasteiger charge is -2.08. The van der Waals surface area contributed by atoms with Crippen LogP contribution in [0.15, 0.2) is 33.6 Å². The van der Waals surface area contributed by atoms with Gasteiger partial charge in [-0.1, -0.05) is 18.2 Å². The lowest BCUT2D eigenvalue weighted by Crippen LogP contribution is -2.18. The first kappa shape index (κ1) is 12.2. The van der Waals surface area contributed by atoms with Crippen LogP contribution in [0.5, 0.6) is 0 Å². The Hall–Kier alpha value is -1.24. The number of benzene rings is 1. The predicted octanol–water partition coefficient (Wildman–Crippen LogP) is 0.575. The van der Waals surface area contributed by atoms with Gasteiger partial charge in [-0.2, -0.15) is 12.8 Å². The van der Waals surface area contributed by atoms with Crippen molar-refractivity contribution in [3.63, 3.8) is 0 Å². The first-order chi connectivity index (χ1) is 8.04. The van der Waals surface area contributed by atoms with Gasteiger partial charge in [0.1, 0.15) is 0 Å². The topological polar surface area (TPSA) is 76.0 Å². The zero-order chi connectivity index (χ0) is 12.5. The molecule has 6 heteroatoms. The second-order valence-corrected chi connectivity index (χ2v) is 5.40. The zero-order valence-electron chi connectivity index (χ0n) is 9.33. The molecule has 1 heterocycles. The maximum atomic E-state index is 11.7. The zero-order valence-corrected chi connectivity index (χ0v) is 10.1. The summed E-state index contributed by atoms with van der Waals surface area (Å²) in [5.74, 6) is 0. The lowest BCUT2D eigenvalue weighted by atomic mass is 10.0. The van der Waals surface area contributed by atoms with E-state index in [0.717, 1.165) is 0 Å². The molecule has 0 bridgehead atoms. The summed E-state index contributed by atoms with van der Waals surface area (Å²) in [6.07, 6.45) is -0.579. The number of aliphatic hydroxyl groups excluding tert-OH is 1. The molecule has 92 valence electrons. The quantitative estimate of drug-likeness (QED) is 0.853. The fraction of sp³-hybridized carbons (Fsp3) is 0.364. The van der Waals surface area contributed by atoms with Crippen molar-refractivity contribution < 1.29 is 18.3 Å². The Kier molecular flexibility index (Phi) is 3.28. The molecule has 0 aliphatic carbocycles. The minimum atomic E-state index is -3.58. The number of methoxy groups -OCH3 is 1. The van der Waals surface area contributed by atoms with E-state index in [4.69, 9.17) is 4.74 Å². The van der Waals surface area contributed by atoms with Crippen molar-refractivity contribution in [1.29, 1.82) is 0 Å². The number of hydrogen-bond acceptors (Lipinski definition) is 4. The van der Waals surface area contributed by atoms with Crippen LogP contribution in [0.1, 0.15) is 12.0 Å². The van der Waals surface area contributed by atoms with Crippen LogP contribution in [-0.2, 0) is 14.8 Å². The molecular formula is C11H13NO4S. The molecular weight excluding hydrogens is 242 g/mol. The summed E-state index contributed by atoms with van der Waals surface area (Å²) in [7, 11) is -2.10. The van der Waals surface area contributed by atoms with Crippen molar-refractivity contribution in [3.05, 3.63) is 29.8 Å². The normalized spacial score (nSPS) is 18.6. The molecule has 1 aliphatic rings. The molecule has 1 N–H and O–H groups in total. The van der Waals surface area contributed by atoms with E-state index >= 15 is 0 Å². The summed E-state index contributed by atoms with van der Waals surface area (Å²) in [5, 5.41) is 9.60. The molecule has 0 saturated carbocycles. The third-order valence-electron chi connectivity index (χ3n) is 2.49. The van der Waals surface area contributed by atoms with Crippen molar-refractivity contribution in [1.82, 2.24) is 0 Å². The number of ether oxygens (including phenoxy) is 1. The first-order valence-corrected chi connectivity index (χ1v) is 6.59. The van der Waals surface area contributed by atoms with Crippen LogP contribution in [0.2, 0.25) is 0 Å². The highest BCUT2D eigenvalue weighted by Gasteiger charge is 2.29. The van der Waals surface area contributed by atoms with E-state index < -0.39 is 16.1 Å². The van der Waals surface area contributed by atoms with Crippen LogP contribution in [-0.4, -0.2) is 39.1 Å². The smallest absolute Gasteiger partial charge is 0.283 e. The van der Waals surface area contributed by atoms with Gasteiger partial charge in [0.05, 0.1) is 23.3 Å². The van der Waals surface area contributed by atoms with Gasteiger partial charge in [0.2, 0.25) is 0 Å². The fourth-order valence-corrected chi connectivity index (χ4v) is 3.07. The van der Waals surface area contributed by atoms with Crippen LogP contribution in [0, 0.1) is 0 Å². The molecule has 1 unspecified atom stereocenters. The van der Waals surface area contributed by atoms with E-state index in [0.29, 0.717) is 11.3 Å². The third-order valence-corrected chi connectivity index (χ3v) is 3.87. The Balaban J connectivity index is 2.32. The molecule has 2 rings (SSSR count). The Labute approximate surface area is 99.8 Å². The minimum absolute atomic E-state index is 0.154. The largest absolute Gasteiger partial charge is 0.390 e. The monoisotopic (exact) mass is 255 g/mol. The molecule has 0 spiro atoms. The molecule has 1 atom stereocenters. The molecule has 1 aromatic rings. The molecule has 0 amide bonds. The Bertz CT molecular complexity index is 550. The number of fused-ring (bicyclic) bond motifs is 1. The Morgan fingerprint density at radius 3 is 2.82 bits per heavy atom. The maximum absolute atomic E-state index is 11.7. The van der Waals surface area contributed by atoms with Crippen molar-refractivity contribution >= 4 is 15.7 Å². The first-order valence-electron chi connectivity index (χ1n) is 5.15. The average molecular weight is 255 g/mol. The molecule has 1 aliphatic heterocycles. The van der Waals surface area contributed by atoms with E-state index in [1.54, 1.807) is 18.2 Å². The summed E-state index contributed by atoms with van der Waals surface area (Å²) in [6.45, 7) is 0.154. The van der Waals surface area contributed by atoms with Gasteiger partial charge >= 0.3 is 0 Å². The second-order valence-electron chi connectivity index (χ2n) is 3.82. The molecule has 0 aromatic heterocycles.